The number of hydrogen-bond acceptors (Lipinski definition) is 6. The first-order chi connectivity index (χ1) is 25.5. The molecule has 0 saturated carbocycles. The van der Waals surface area contributed by atoms with Crippen molar-refractivity contribution in [3.63, 3.8) is 0 Å². The molecule has 0 radical (unpaired) electrons. The molecule has 272 valence electrons. The van der Waals surface area contributed by atoms with Crippen molar-refractivity contribution in [1.29, 1.82) is 0 Å². The number of fused-ring (bicyclic) bond motifs is 1. The minimum absolute atomic E-state index is 0.172. The molecule has 10 nitrogen and oxygen atoms in total. The fourth-order valence-electron chi connectivity index (χ4n) is 6.73. The summed E-state index contributed by atoms with van der Waals surface area (Å²) in [5.41, 5.74) is 4.83. The summed E-state index contributed by atoms with van der Waals surface area (Å²) in [7, 11) is 0. The van der Waals surface area contributed by atoms with Gasteiger partial charge in [0.1, 0.15) is 23.6 Å². The lowest BCUT2D eigenvalue weighted by Crippen LogP contribution is -2.42. The van der Waals surface area contributed by atoms with Crippen molar-refractivity contribution in [1.82, 2.24) is 24.4 Å². The standard InChI is InChI=1S/C41H40Cl2N6O4/c1-25(26-14-16-28(42)17-15-26)49-24-45-35(27-10-6-5-7-11-27)37(49)34-31-19-18-29(43)22-33(31)46-36(34)38(50)47-32-13-8-20-44-39(32)52-23-30-12-9-21-48(30)40(51)53-41(2,3)4/h5-8,10-11,13-20,22,24-25,30,46H,9,12,21,23H2,1-4H3,(H,47,50). The predicted octanol–water partition coefficient (Wildman–Crippen LogP) is 10.0. The summed E-state index contributed by atoms with van der Waals surface area (Å²) < 4.78 is 13.9. The molecule has 0 bridgehead atoms. The number of nitrogens with one attached hydrogen (secondary N) is 2. The Morgan fingerprint density at radius 2 is 1.74 bits per heavy atom. The SMILES string of the molecule is CC(c1ccc(Cl)cc1)n1cnc(-c2ccccc2)c1-c1c(C(=O)Nc2cccnc2OCC2CCCN2C(=O)OC(C)(C)C)[nH]c2cc(Cl)ccc12. The van der Waals surface area contributed by atoms with Crippen molar-refractivity contribution in [3.8, 4) is 28.4 Å². The molecule has 1 aliphatic rings. The van der Waals surface area contributed by atoms with Gasteiger partial charge in [0.25, 0.3) is 5.91 Å². The summed E-state index contributed by atoms with van der Waals surface area (Å²) in [6.45, 7) is 8.40. The van der Waals surface area contributed by atoms with Crippen LogP contribution in [0.25, 0.3) is 33.4 Å². The van der Waals surface area contributed by atoms with E-state index >= 15 is 0 Å². The Morgan fingerprint density at radius 1 is 0.981 bits per heavy atom. The van der Waals surface area contributed by atoms with E-state index in [1.165, 1.54) is 0 Å². The second-order valence-electron chi connectivity index (χ2n) is 14.1. The molecular formula is C41H40Cl2N6O4. The molecule has 2 unspecified atom stereocenters. The number of rotatable bonds is 9. The quantitative estimate of drug-likeness (QED) is 0.152. The maximum Gasteiger partial charge on any atom is 0.410 e. The largest absolute Gasteiger partial charge is 0.474 e. The van der Waals surface area contributed by atoms with E-state index in [1.807, 2.05) is 93.8 Å². The van der Waals surface area contributed by atoms with Crippen LogP contribution in [0.3, 0.4) is 0 Å². The van der Waals surface area contributed by atoms with Gasteiger partial charge >= 0.3 is 6.09 Å². The van der Waals surface area contributed by atoms with Crippen molar-refractivity contribution < 1.29 is 19.1 Å². The molecule has 0 spiro atoms. The first-order valence-corrected chi connectivity index (χ1v) is 18.3. The Balaban J connectivity index is 1.26. The molecule has 4 heterocycles. The topological polar surface area (TPSA) is 114 Å². The number of H-pyrrole nitrogens is 1. The number of ether oxygens (including phenoxy) is 2. The fraction of sp³-hybridized carbons (Fsp3) is 0.268. The molecule has 2 atom stereocenters. The number of amides is 2. The zero-order valence-electron chi connectivity index (χ0n) is 29.9. The third-order valence-electron chi connectivity index (χ3n) is 9.27. The van der Waals surface area contributed by atoms with Crippen molar-refractivity contribution in [2.24, 2.45) is 0 Å². The number of halogens is 2. The molecule has 0 aliphatic carbocycles. The van der Waals surface area contributed by atoms with Gasteiger partial charge in [0.2, 0.25) is 5.88 Å². The summed E-state index contributed by atoms with van der Waals surface area (Å²) in [4.78, 5) is 41.9. The number of aromatic amines is 1. The number of pyridine rings is 1. The summed E-state index contributed by atoms with van der Waals surface area (Å²) in [6.07, 6.45) is 4.64. The number of carbonyl (C=O) groups is 2. The lowest BCUT2D eigenvalue weighted by Gasteiger charge is -2.28. The molecule has 6 aromatic rings. The van der Waals surface area contributed by atoms with Crippen LogP contribution in [-0.2, 0) is 4.74 Å². The highest BCUT2D eigenvalue weighted by molar-refractivity contribution is 6.31. The van der Waals surface area contributed by atoms with Crippen LogP contribution in [0.1, 0.15) is 62.6 Å². The summed E-state index contributed by atoms with van der Waals surface area (Å²) in [6, 6.07) is 26.2. The number of nitrogens with zero attached hydrogens (tertiary/aromatic N) is 4. The zero-order valence-corrected chi connectivity index (χ0v) is 31.4. The second kappa shape index (κ2) is 15.0. The highest BCUT2D eigenvalue weighted by Crippen LogP contribution is 2.42. The molecule has 53 heavy (non-hydrogen) atoms. The van der Waals surface area contributed by atoms with Crippen molar-refractivity contribution in [3.05, 3.63) is 119 Å². The summed E-state index contributed by atoms with van der Waals surface area (Å²) in [5, 5.41) is 5.02. The van der Waals surface area contributed by atoms with E-state index in [-0.39, 0.29) is 30.7 Å². The number of likely N-dealkylation sites (tertiary alicyclic amines) is 1. The van der Waals surface area contributed by atoms with Gasteiger partial charge in [-0.2, -0.15) is 0 Å². The van der Waals surface area contributed by atoms with Crippen molar-refractivity contribution >= 4 is 51.8 Å². The van der Waals surface area contributed by atoms with Crippen LogP contribution in [0.4, 0.5) is 10.5 Å². The minimum atomic E-state index is -0.607. The number of benzene rings is 3. The average molecular weight is 752 g/mol. The first-order valence-electron chi connectivity index (χ1n) is 17.5. The Morgan fingerprint density at radius 3 is 2.49 bits per heavy atom. The van der Waals surface area contributed by atoms with Gasteiger partial charge in [-0.3, -0.25) is 4.79 Å². The van der Waals surface area contributed by atoms with E-state index in [1.54, 1.807) is 29.3 Å². The smallest absolute Gasteiger partial charge is 0.410 e. The monoisotopic (exact) mass is 750 g/mol. The molecular weight excluding hydrogens is 711 g/mol. The van der Waals surface area contributed by atoms with Crippen LogP contribution in [0.5, 0.6) is 5.88 Å². The molecule has 7 rings (SSSR count). The maximum atomic E-state index is 14.5. The van der Waals surface area contributed by atoms with Crippen LogP contribution in [-0.4, -0.2) is 61.2 Å². The molecule has 3 aromatic carbocycles. The molecule has 2 N–H and O–H groups in total. The normalized spacial score (nSPS) is 15.1. The minimum Gasteiger partial charge on any atom is -0.474 e. The van der Waals surface area contributed by atoms with E-state index in [2.05, 4.69) is 26.8 Å². The molecule has 3 aromatic heterocycles. The van der Waals surface area contributed by atoms with E-state index < -0.39 is 11.5 Å². The van der Waals surface area contributed by atoms with Gasteiger partial charge in [-0.25, -0.2) is 14.8 Å². The summed E-state index contributed by atoms with van der Waals surface area (Å²) >= 11 is 12.7. The highest BCUT2D eigenvalue weighted by Gasteiger charge is 2.33. The van der Waals surface area contributed by atoms with Crippen LogP contribution in [0, 0.1) is 0 Å². The third kappa shape index (κ3) is 7.75. The predicted molar refractivity (Wildman–Crippen MR) is 209 cm³/mol. The van der Waals surface area contributed by atoms with Crippen LogP contribution in [0.2, 0.25) is 10.0 Å². The van der Waals surface area contributed by atoms with Crippen LogP contribution in [0.15, 0.2) is 97.5 Å². The van der Waals surface area contributed by atoms with Crippen molar-refractivity contribution in [2.75, 3.05) is 18.5 Å². The molecule has 2 amide bonds. The van der Waals surface area contributed by atoms with E-state index in [0.29, 0.717) is 44.7 Å². The number of imidazole rings is 1. The van der Waals surface area contributed by atoms with Gasteiger partial charge in [-0.05, 0) is 82.5 Å². The summed E-state index contributed by atoms with van der Waals surface area (Å²) in [5.74, 6) is -0.170. The van der Waals surface area contributed by atoms with Gasteiger partial charge in [0.15, 0.2) is 0 Å². The Bertz CT molecular complexity index is 2260. The number of aromatic nitrogens is 4. The van der Waals surface area contributed by atoms with Gasteiger partial charge < -0.3 is 29.2 Å². The first kappa shape index (κ1) is 36.1. The highest BCUT2D eigenvalue weighted by atomic mass is 35.5. The van der Waals surface area contributed by atoms with Crippen LogP contribution < -0.4 is 10.1 Å². The number of hydrogen-bond donors (Lipinski definition) is 2. The van der Waals surface area contributed by atoms with E-state index in [9.17, 15) is 9.59 Å². The number of carbonyl (C=O) groups excluding carboxylic acids is 2. The molecule has 12 heteroatoms. The van der Waals surface area contributed by atoms with Gasteiger partial charge in [0.05, 0.1) is 29.8 Å². The van der Waals surface area contributed by atoms with Gasteiger partial charge in [0, 0.05) is 44.8 Å². The molecule has 1 aliphatic heterocycles. The maximum absolute atomic E-state index is 14.5. The number of anilines is 1. The van der Waals surface area contributed by atoms with Crippen molar-refractivity contribution in [2.45, 2.75) is 58.2 Å². The Kier molecular flexibility index (Phi) is 10.2. The lowest BCUT2D eigenvalue weighted by atomic mass is 9.99. The van der Waals surface area contributed by atoms with Gasteiger partial charge in [-0.1, -0.05) is 71.7 Å². The molecule has 1 saturated heterocycles. The van der Waals surface area contributed by atoms with Crippen LogP contribution >= 0.6 is 23.2 Å². The third-order valence-corrected chi connectivity index (χ3v) is 9.76. The zero-order chi connectivity index (χ0) is 37.3. The lowest BCUT2D eigenvalue weighted by molar-refractivity contribution is 0.0186. The Hall–Kier alpha value is -5.32. The second-order valence-corrected chi connectivity index (χ2v) is 15.0. The molecule has 1 fully saturated rings. The van der Waals surface area contributed by atoms with E-state index in [0.717, 1.165) is 35.0 Å². The average Bonchev–Trinajstić information content (AvgIpc) is 3.88. The van der Waals surface area contributed by atoms with E-state index in [4.69, 9.17) is 37.7 Å². The van der Waals surface area contributed by atoms with Gasteiger partial charge in [-0.15, -0.1) is 0 Å². The Labute approximate surface area is 318 Å². The fourth-order valence-corrected chi connectivity index (χ4v) is 7.03.